The Morgan fingerprint density at radius 3 is 2.85 bits per heavy atom. The average Bonchev–Trinajstić information content (AvgIpc) is 2.08. The van der Waals surface area contributed by atoms with Crippen molar-refractivity contribution in [2.24, 2.45) is 5.73 Å². The first-order valence-electron chi connectivity index (χ1n) is 3.74. The fraction of sp³-hybridized carbons (Fsp3) is 0.222. The largest absolute Gasteiger partial charge is 0.497 e. The number of hydrogen-bond donors (Lipinski definition) is 1. The van der Waals surface area contributed by atoms with Gasteiger partial charge in [0, 0.05) is 4.47 Å². The van der Waals surface area contributed by atoms with Gasteiger partial charge in [-0.25, -0.2) is 0 Å². The maximum atomic E-state index is 10.7. The number of primary amides is 1. The molecule has 0 bridgehead atoms. The molecule has 0 heterocycles. The maximum absolute atomic E-state index is 10.7. The third kappa shape index (κ3) is 2.73. The normalized spacial score (nSPS) is 9.69. The zero-order valence-corrected chi connectivity index (χ0v) is 8.80. The van der Waals surface area contributed by atoms with Crippen LogP contribution >= 0.6 is 15.9 Å². The van der Waals surface area contributed by atoms with Gasteiger partial charge in [-0.3, -0.25) is 4.79 Å². The molecule has 1 amide bonds. The van der Waals surface area contributed by atoms with Crippen LogP contribution in [0.4, 0.5) is 0 Å². The van der Waals surface area contributed by atoms with Gasteiger partial charge in [0.15, 0.2) is 0 Å². The summed E-state index contributed by atoms with van der Waals surface area (Å²) < 4.78 is 5.89. The van der Waals surface area contributed by atoms with Crippen molar-refractivity contribution in [2.75, 3.05) is 7.11 Å². The quantitative estimate of drug-likeness (QED) is 0.875. The fourth-order valence-corrected chi connectivity index (χ4v) is 1.39. The van der Waals surface area contributed by atoms with Gasteiger partial charge in [-0.1, -0.05) is 15.9 Å². The summed E-state index contributed by atoms with van der Waals surface area (Å²) in [4.78, 5) is 10.7. The molecule has 70 valence electrons. The van der Waals surface area contributed by atoms with Gasteiger partial charge in [0.25, 0.3) is 0 Å². The van der Waals surface area contributed by atoms with E-state index in [0.717, 1.165) is 15.8 Å². The minimum absolute atomic E-state index is 0.220. The first-order chi connectivity index (χ1) is 6.13. The summed E-state index contributed by atoms with van der Waals surface area (Å²) in [5.41, 5.74) is 5.92. The third-order valence-electron chi connectivity index (χ3n) is 1.62. The molecule has 4 heteroatoms. The van der Waals surface area contributed by atoms with Gasteiger partial charge in [-0.15, -0.1) is 0 Å². The lowest BCUT2D eigenvalue weighted by atomic mass is 10.1. The van der Waals surface area contributed by atoms with Gasteiger partial charge in [0.1, 0.15) is 5.75 Å². The monoisotopic (exact) mass is 243 g/mol. The number of nitrogens with two attached hydrogens (primary N) is 1. The predicted molar refractivity (Wildman–Crippen MR) is 53.6 cm³/mol. The first kappa shape index (κ1) is 10.1. The van der Waals surface area contributed by atoms with E-state index in [1.54, 1.807) is 13.2 Å². The lowest BCUT2D eigenvalue weighted by Gasteiger charge is -2.04. The van der Waals surface area contributed by atoms with E-state index in [4.69, 9.17) is 10.5 Å². The molecule has 0 radical (unpaired) electrons. The van der Waals surface area contributed by atoms with E-state index in [1.165, 1.54) is 0 Å². The summed E-state index contributed by atoms with van der Waals surface area (Å²) >= 11 is 3.32. The van der Waals surface area contributed by atoms with Crippen molar-refractivity contribution in [2.45, 2.75) is 6.42 Å². The number of hydrogen-bond acceptors (Lipinski definition) is 2. The zero-order chi connectivity index (χ0) is 9.84. The Morgan fingerprint density at radius 1 is 1.62 bits per heavy atom. The Hall–Kier alpha value is -1.03. The molecule has 0 saturated carbocycles. The molecule has 0 aliphatic rings. The van der Waals surface area contributed by atoms with E-state index in [1.807, 2.05) is 12.1 Å². The van der Waals surface area contributed by atoms with Crippen molar-refractivity contribution in [1.29, 1.82) is 0 Å². The number of ether oxygens (including phenoxy) is 1. The molecule has 0 atom stereocenters. The van der Waals surface area contributed by atoms with Crippen molar-refractivity contribution in [1.82, 2.24) is 0 Å². The van der Waals surface area contributed by atoms with Crippen molar-refractivity contribution in [3.05, 3.63) is 28.2 Å². The lowest BCUT2D eigenvalue weighted by molar-refractivity contribution is -0.117. The van der Waals surface area contributed by atoms with Crippen molar-refractivity contribution < 1.29 is 9.53 Å². The van der Waals surface area contributed by atoms with E-state index in [-0.39, 0.29) is 12.3 Å². The number of carbonyl (C=O) groups is 1. The third-order valence-corrected chi connectivity index (χ3v) is 2.39. The molecule has 13 heavy (non-hydrogen) atoms. The molecule has 1 aromatic carbocycles. The number of amides is 1. The second-order valence-corrected chi connectivity index (χ2v) is 3.45. The summed E-state index contributed by atoms with van der Waals surface area (Å²) in [6.45, 7) is 0. The van der Waals surface area contributed by atoms with E-state index >= 15 is 0 Å². The van der Waals surface area contributed by atoms with E-state index in [0.29, 0.717) is 0 Å². The molecule has 0 saturated heterocycles. The van der Waals surface area contributed by atoms with Gasteiger partial charge in [-0.05, 0) is 23.8 Å². The standard InChI is InChI=1S/C9H10BrNO2/c1-13-7-2-3-8(10)6(4-7)5-9(11)12/h2-4H,5H2,1H3,(H2,11,12). The topological polar surface area (TPSA) is 52.3 Å². The highest BCUT2D eigenvalue weighted by Gasteiger charge is 2.04. The molecule has 0 fully saturated rings. The highest BCUT2D eigenvalue weighted by molar-refractivity contribution is 9.10. The summed E-state index contributed by atoms with van der Waals surface area (Å²) in [7, 11) is 1.58. The molecule has 1 aromatic rings. The highest BCUT2D eigenvalue weighted by Crippen LogP contribution is 2.22. The van der Waals surface area contributed by atoms with Crippen molar-refractivity contribution in [3.63, 3.8) is 0 Å². The van der Waals surface area contributed by atoms with Crippen molar-refractivity contribution in [3.8, 4) is 5.75 Å². The Kier molecular flexibility index (Phi) is 3.31. The summed E-state index contributed by atoms with van der Waals surface area (Å²) in [6.07, 6.45) is 0.220. The molecule has 2 N–H and O–H groups in total. The zero-order valence-electron chi connectivity index (χ0n) is 7.21. The second-order valence-electron chi connectivity index (χ2n) is 2.60. The molecular formula is C9H10BrNO2. The molecule has 0 aliphatic heterocycles. The number of rotatable bonds is 3. The van der Waals surface area contributed by atoms with Crippen LogP contribution in [0.2, 0.25) is 0 Å². The Bertz CT molecular complexity index is 325. The number of benzene rings is 1. The molecule has 3 nitrogen and oxygen atoms in total. The predicted octanol–water partition coefficient (Wildman–Crippen LogP) is 1.49. The summed E-state index contributed by atoms with van der Waals surface area (Å²) in [5.74, 6) is 0.369. The van der Waals surface area contributed by atoms with Gasteiger partial charge in [-0.2, -0.15) is 0 Å². The fourth-order valence-electron chi connectivity index (χ4n) is 1.00. The summed E-state index contributed by atoms with van der Waals surface area (Å²) in [6, 6.07) is 5.43. The molecule has 0 aromatic heterocycles. The maximum Gasteiger partial charge on any atom is 0.221 e. The smallest absolute Gasteiger partial charge is 0.221 e. The SMILES string of the molecule is COc1ccc(Br)c(CC(N)=O)c1. The van der Waals surface area contributed by atoms with E-state index in [2.05, 4.69) is 15.9 Å². The van der Waals surface area contributed by atoms with Gasteiger partial charge < -0.3 is 10.5 Å². The Balaban J connectivity index is 2.96. The van der Waals surface area contributed by atoms with Crippen LogP contribution in [0.3, 0.4) is 0 Å². The highest BCUT2D eigenvalue weighted by atomic mass is 79.9. The number of methoxy groups -OCH3 is 1. The van der Waals surface area contributed by atoms with Gasteiger partial charge in [0.2, 0.25) is 5.91 Å². The van der Waals surface area contributed by atoms with E-state index in [9.17, 15) is 4.79 Å². The number of carbonyl (C=O) groups excluding carboxylic acids is 1. The van der Waals surface area contributed by atoms with Crippen LogP contribution in [0.1, 0.15) is 5.56 Å². The molecule has 1 rings (SSSR count). The van der Waals surface area contributed by atoms with E-state index < -0.39 is 0 Å². The van der Waals surface area contributed by atoms with Gasteiger partial charge in [0.05, 0.1) is 13.5 Å². The Labute approximate surface area is 85.0 Å². The van der Waals surface area contributed by atoms with Gasteiger partial charge >= 0.3 is 0 Å². The molecule has 0 aliphatic carbocycles. The second kappa shape index (κ2) is 4.28. The van der Waals surface area contributed by atoms with Crippen LogP contribution in [0, 0.1) is 0 Å². The van der Waals surface area contributed by atoms with Crippen molar-refractivity contribution >= 4 is 21.8 Å². The number of halogens is 1. The molecule has 0 spiro atoms. The minimum atomic E-state index is -0.353. The lowest BCUT2D eigenvalue weighted by Crippen LogP contribution is -2.13. The van der Waals surface area contributed by atoms with Crippen LogP contribution in [0.15, 0.2) is 22.7 Å². The average molecular weight is 244 g/mol. The molecular weight excluding hydrogens is 234 g/mol. The summed E-state index contributed by atoms with van der Waals surface area (Å²) in [5, 5.41) is 0. The van der Waals surface area contributed by atoms with Crippen LogP contribution in [0.25, 0.3) is 0 Å². The molecule has 0 unspecified atom stereocenters. The van der Waals surface area contributed by atoms with Crippen LogP contribution < -0.4 is 10.5 Å². The minimum Gasteiger partial charge on any atom is -0.497 e. The van der Waals surface area contributed by atoms with Crippen LogP contribution in [0.5, 0.6) is 5.75 Å². The first-order valence-corrected chi connectivity index (χ1v) is 4.53. The van der Waals surface area contributed by atoms with Crippen LogP contribution in [-0.2, 0) is 11.2 Å². The van der Waals surface area contributed by atoms with Crippen LogP contribution in [-0.4, -0.2) is 13.0 Å². The Morgan fingerprint density at radius 2 is 2.31 bits per heavy atom.